The highest BCUT2D eigenvalue weighted by Gasteiger charge is 2.06. The molecular formula is C13H21N3. The van der Waals surface area contributed by atoms with Crippen LogP contribution in [0.5, 0.6) is 0 Å². The number of nitrogens with one attached hydrogen (secondary N) is 1. The van der Waals surface area contributed by atoms with Crippen molar-refractivity contribution in [1.29, 1.82) is 0 Å². The third kappa shape index (κ3) is 4.94. The Balaban J connectivity index is 2.36. The molecular weight excluding hydrogens is 198 g/mol. The van der Waals surface area contributed by atoms with Gasteiger partial charge in [0.05, 0.1) is 0 Å². The van der Waals surface area contributed by atoms with Gasteiger partial charge in [0, 0.05) is 29.2 Å². The average molecular weight is 219 g/mol. The van der Waals surface area contributed by atoms with E-state index in [-0.39, 0.29) is 5.54 Å². The van der Waals surface area contributed by atoms with Gasteiger partial charge in [0.15, 0.2) is 0 Å². The molecule has 0 spiro atoms. The van der Waals surface area contributed by atoms with Crippen molar-refractivity contribution in [3.8, 4) is 0 Å². The Kier molecular flexibility index (Phi) is 4.50. The lowest BCUT2D eigenvalue weighted by atomic mass is 10.1. The summed E-state index contributed by atoms with van der Waals surface area (Å²) < 4.78 is 0. The molecule has 0 atom stereocenters. The van der Waals surface area contributed by atoms with Gasteiger partial charge in [-0.3, -0.25) is 4.98 Å². The van der Waals surface area contributed by atoms with Crippen LogP contribution in [0.25, 0.3) is 6.08 Å². The van der Waals surface area contributed by atoms with Crippen molar-refractivity contribution in [2.45, 2.75) is 32.7 Å². The van der Waals surface area contributed by atoms with Crippen molar-refractivity contribution in [3.63, 3.8) is 0 Å². The lowest BCUT2D eigenvalue weighted by Gasteiger charge is -2.19. The van der Waals surface area contributed by atoms with Gasteiger partial charge in [0.2, 0.25) is 0 Å². The fourth-order valence-corrected chi connectivity index (χ4v) is 1.30. The highest BCUT2D eigenvalue weighted by Crippen LogP contribution is 2.10. The predicted molar refractivity (Wildman–Crippen MR) is 70.1 cm³/mol. The molecule has 0 fully saturated rings. The van der Waals surface area contributed by atoms with Crippen molar-refractivity contribution in [3.05, 3.63) is 30.1 Å². The second kappa shape index (κ2) is 5.66. The number of nitrogens with zero attached hydrogens (tertiary/aromatic N) is 1. The summed E-state index contributed by atoms with van der Waals surface area (Å²) >= 11 is 0. The van der Waals surface area contributed by atoms with Gasteiger partial charge in [-0.05, 0) is 39.8 Å². The van der Waals surface area contributed by atoms with Crippen molar-refractivity contribution < 1.29 is 0 Å². The predicted octanol–water partition coefficient (Wildman–Crippen LogP) is 2.46. The Morgan fingerprint density at radius 1 is 1.44 bits per heavy atom. The number of hydrogen-bond donors (Lipinski definition) is 2. The molecule has 0 aliphatic heterocycles. The maximum Gasteiger partial charge on any atom is 0.0418 e. The second-order valence-electron chi connectivity index (χ2n) is 4.87. The Morgan fingerprint density at radius 3 is 2.81 bits per heavy atom. The van der Waals surface area contributed by atoms with Gasteiger partial charge in [-0.1, -0.05) is 12.2 Å². The molecule has 1 aromatic rings. The summed E-state index contributed by atoms with van der Waals surface area (Å²) in [5.41, 5.74) is 7.74. The van der Waals surface area contributed by atoms with Gasteiger partial charge < -0.3 is 11.1 Å². The van der Waals surface area contributed by atoms with E-state index >= 15 is 0 Å². The van der Waals surface area contributed by atoms with Gasteiger partial charge in [-0.25, -0.2) is 0 Å². The average Bonchev–Trinajstić information content (AvgIpc) is 2.18. The smallest absolute Gasteiger partial charge is 0.0418 e. The summed E-state index contributed by atoms with van der Waals surface area (Å²) in [6, 6.07) is 1.81. The van der Waals surface area contributed by atoms with Crippen LogP contribution in [-0.4, -0.2) is 17.1 Å². The van der Waals surface area contributed by atoms with E-state index in [4.69, 9.17) is 5.73 Å². The molecule has 0 saturated heterocycles. The molecule has 0 aromatic carbocycles. The van der Waals surface area contributed by atoms with E-state index in [2.05, 4.69) is 37.1 Å². The van der Waals surface area contributed by atoms with E-state index in [1.54, 1.807) is 12.4 Å². The quantitative estimate of drug-likeness (QED) is 0.765. The first kappa shape index (κ1) is 12.7. The van der Waals surface area contributed by atoms with Crippen LogP contribution in [0.2, 0.25) is 0 Å². The van der Waals surface area contributed by atoms with Crippen molar-refractivity contribution in [2.75, 3.05) is 12.3 Å². The highest BCUT2D eigenvalue weighted by atomic mass is 14.9. The third-order valence-electron chi connectivity index (χ3n) is 2.15. The van der Waals surface area contributed by atoms with Crippen LogP contribution in [-0.2, 0) is 0 Å². The number of nitrogens with two attached hydrogens (primary N) is 1. The van der Waals surface area contributed by atoms with E-state index in [0.29, 0.717) is 0 Å². The molecule has 1 aromatic heterocycles. The normalized spacial score (nSPS) is 12.2. The minimum Gasteiger partial charge on any atom is -0.398 e. The van der Waals surface area contributed by atoms with Crippen molar-refractivity contribution in [1.82, 2.24) is 10.3 Å². The van der Waals surface area contributed by atoms with Crippen LogP contribution >= 0.6 is 0 Å². The maximum atomic E-state index is 5.80. The Morgan fingerprint density at radius 2 is 2.19 bits per heavy atom. The minimum absolute atomic E-state index is 0.182. The van der Waals surface area contributed by atoms with Crippen LogP contribution in [0.4, 0.5) is 5.69 Å². The summed E-state index contributed by atoms with van der Waals surface area (Å²) in [6.45, 7) is 7.46. The molecule has 0 amide bonds. The fraction of sp³-hybridized carbons (Fsp3) is 0.462. The number of nitrogen functional groups attached to an aromatic ring is 1. The molecule has 0 saturated carbocycles. The molecule has 3 nitrogen and oxygen atoms in total. The molecule has 88 valence electrons. The monoisotopic (exact) mass is 219 g/mol. The van der Waals surface area contributed by atoms with E-state index in [9.17, 15) is 0 Å². The summed E-state index contributed by atoms with van der Waals surface area (Å²) in [6.07, 6.45) is 8.61. The SMILES string of the molecule is CC(C)(C)NCCC=Cc1cnccc1N. The lowest BCUT2D eigenvalue weighted by molar-refractivity contribution is 0.431. The molecule has 3 heteroatoms. The topological polar surface area (TPSA) is 50.9 Å². The Hall–Kier alpha value is -1.35. The zero-order valence-electron chi connectivity index (χ0n) is 10.3. The second-order valence-corrected chi connectivity index (χ2v) is 4.87. The van der Waals surface area contributed by atoms with Gasteiger partial charge >= 0.3 is 0 Å². The van der Waals surface area contributed by atoms with Gasteiger partial charge in [0.25, 0.3) is 0 Å². The van der Waals surface area contributed by atoms with E-state index in [1.807, 2.05) is 12.1 Å². The number of pyridine rings is 1. The van der Waals surface area contributed by atoms with Crippen LogP contribution in [0.1, 0.15) is 32.8 Å². The summed E-state index contributed by atoms with van der Waals surface area (Å²) in [5.74, 6) is 0. The molecule has 0 unspecified atom stereocenters. The summed E-state index contributed by atoms with van der Waals surface area (Å²) in [4.78, 5) is 4.04. The highest BCUT2D eigenvalue weighted by molar-refractivity contribution is 5.62. The van der Waals surface area contributed by atoms with Gasteiger partial charge in [-0.15, -0.1) is 0 Å². The zero-order chi connectivity index (χ0) is 12.0. The van der Waals surface area contributed by atoms with Crippen molar-refractivity contribution in [2.24, 2.45) is 0 Å². The molecule has 16 heavy (non-hydrogen) atoms. The van der Waals surface area contributed by atoms with Crippen LogP contribution in [0.3, 0.4) is 0 Å². The molecule has 1 heterocycles. The lowest BCUT2D eigenvalue weighted by Crippen LogP contribution is -2.36. The Bertz CT molecular complexity index is 350. The first-order chi connectivity index (χ1) is 7.49. The van der Waals surface area contributed by atoms with Gasteiger partial charge in [0.1, 0.15) is 0 Å². The van der Waals surface area contributed by atoms with E-state index in [0.717, 1.165) is 24.2 Å². The first-order valence-corrected chi connectivity index (χ1v) is 5.60. The fourth-order valence-electron chi connectivity index (χ4n) is 1.30. The molecule has 3 N–H and O–H groups in total. The Labute approximate surface area is 97.8 Å². The minimum atomic E-state index is 0.182. The molecule has 0 aliphatic rings. The standard InChI is InChI=1S/C13H21N3/c1-13(2,3)16-8-5-4-6-11-10-15-9-7-12(11)14/h4,6-7,9-10,16H,5,8H2,1-3H3,(H2,14,15). The first-order valence-electron chi connectivity index (χ1n) is 5.60. The largest absolute Gasteiger partial charge is 0.398 e. The molecule has 0 radical (unpaired) electrons. The number of anilines is 1. The van der Waals surface area contributed by atoms with Crippen LogP contribution in [0.15, 0.2) is 24.5 Å². The maximum absolute atomic E-state index is 5.80. The van der Waals surface area contributed by atoms with E-state index < -0.39 is 0 Å². The molecule has 1 rings (SSSR count). The third-order valence-corrected chi connectivity index (χ3v) is 2.15. The van der Waals surface area contributed by atoms with E-state index in [1.165, 1.54) is 0 Å². The molecule has 0 bridgehead atoms. The summed E-state index contributed by atoms with van der Waals surface area (Å²) in [5, 5.41) is 3.42. The summed E-state index contributed by atoms with van der Waals surface area (Å²) in [7, 11) is 0. The van der Waals surface area contributed by atoms with Gasteiger partial charge in [-0.2, -0.15) is 0 Å². The zero-order valence-corrected chi connectivity index (χ0v) is 10.3. The number of hydrogen-bond acceptors (Lipinski definition) is 3. The van der Waals surface area contributed by atoms with Crippen LogP contribution in [0, 0.1) is 0 Å². The molecule has 0 aliphatic carbocycles. The number of aromatic nitrogens is 1. The number of rotatable bonds is 4. The van der Waals surface area contributed by atoms with Crippen molar-refractivity contribution >= 4 is 11.8 Å². The van der Waals surface area contributed by atoms with Crippen LogP contribution < -0.4 is 11.1 Å².